The van der Waals surface area contributed by atoms with Crippen LogP contribution in [0, 0.1) is 0 Å². The summed E-state index contributed by atoms with van der Waals surface area (Å²) < 4.78 is 55.5. The topological polar surface area (TPSA) is 87.9 Å². The number of anilines is 2. The minimum absolute atomic E-state index is 0.239. The van der Waals surface area contributed by atoms with Crippen LogP contribution in [0.4, 0.5) is 11.4 Å². The van der Waals surface area contributed by atoms with Crippen molar-refractivity contribution in [2.45, 2.75) is 24.4 Å². The van der Waals surface area contributed by atoms with Gasteiger partial charge in [0.25, 0.3) is 0 Å². The zero-order valence-electron chi connectivity index (χ0n) is 17.5. The molecule has 0 saturated heterocycles. The highest BCUT2D eigenvalue weighted by molar-refractivity contribution is 7.92. The molecule has 0 N–H and O–H groups in total. The minimum Gasteiger partial charge on any atom is -0.467 e. The van der Waals surface area contributed by atoms with E-state index in [1.807, 2.05) is 31.2 Å². The van der Waals surface area contributed by atoms with Gasteiger partial charge in [-0.15, -0.1) is 0 Å². The van der Waals surface area contributed by atoms with Crippen LogP contribution in [0.3, 0.4) is 0 Å². The fourth-order valence-corrected chi connectivity index (χ4v) is 5.87. The molecule has 0 aliphatic carbocycles. The first-order valence-electron chi connectivity index (χ1n) is 9.75. The van der Waals surface area contributed by atoms with Gasteiger partial charge in [-0.1, -0.05) is 18.2 Å². The Labute approximate surface area is 182 Å². The number of sulfone groups is 1. The van der Waals surface area contributed by atoms with Crippen molar-refractivity contribution in [2.75, 3.05) is 28.3 Å². The molecular formula is C22H24N2O5S2. The first-order valence-corrected chi connectivity index (χ1v) is 13.5. The summed E-state index contributed by atoms with van der Waals surface area (Å²) in [6, 6.07) is 15.8. The van der Waals surface area contributed by atoms with E-state index in [9.17, 15) is 16.8 Å². The molecule has 3 aromatic rings. The van der Waals surface area contributed by atoms with Crippen molar-refractivity contribution in [1.82, 2.24) is 0 Å². The molecule has 1 unspecified atom stereocenters. The van der Waals surface area contributed by atoms with Crippen LogP contribution in [0.2, 0.25) is 0 Å². The number of furan rings is 1. The number of hydrogen-bond donors (Lipinski definition) is 0. The van der Waals surface area contributed by atoms with Crippen molar-refractivity contribution >= 4 is 31.2 Å². The number of hydrogen-bond acceptors (Lipinski definition) is 6. The molecule has 1 atom stereocenters. The van der Waals surface area contributed by atoms with E-state index in [0.717, 1.165) is 22.6 Å². The number of benzene rings is 2. The third-order valence-corrected chi connectivity index (χ3v) is 7.74. The number of sulfonamides is 1. The second kappa shape index (κ2) is 7.72. The van der Waals surface area contributed by atoms with Gasteiger partial charge in [0, 0.05) is 12.8 Å². The number of rotatable bonds is 5. The van der Waals surface area contributed by atoms with Crippen LogP contribution in [0.25, 0.3) is 11.1 Å². The van der Waals surface area contributed by atoms with Crippen molar-refractivity contribution in [3.05, 3.63) is 66.6 Å². The lowest BCUT2D eigenvalue weighted by molar-refractivity contribution is 0.494. The molecule has 1 aromatic heterocycles. The molecule has 2 aromatic carbocycles. The third-order valence-electron chi connectivity index (χ3n) is 5.34. The van der Waals surface area contributed by atoms with Crippen LogP contribution in [-0.4, -0.2) is 41.9 Å². The molecule has 0 saturated carbocycles. The minimum atomic E-state index is -3.46. The second-order valence-corrected chi connectivity index (χ2v) is 11.7. The molecule has 2 heterocycles. The van der Waals surface area contributed by atoms with Crippen molar-refractivity contribution in [3.63, 3.8) is 0 Å². The van der Waals surface area contributed by atoms with Crippen molar-refractivity contribution in [1.29, 1.82) is 0 Å². The summed E-state index contributed by atoms with van der Waals surface area (Å²) in [5, 5.41) is 0. The Morgan fingerprint density at radius 2 is 1.61 bits per heavy atom. The summed E-state index contributed by atoms with van der Waals surface area (Å²) in [7, 11) is -6.73. The Hall–Kier alpha value is -2.78. The lowest BCUT2D eigenvalue weighted by Crippen LogP contribution is -2.49. The van der Waals surface area contributed by atoms with Gasteiger partial charge in [0.1, 0.15) is 5.76 Å². The van der Waals surface area contributed by atoms with E-state index >= 15 is 0 Å². The van der Waals surface area contributed by atoms with Gasteiger partial charge < -0.3 is 9.32 Å². The zero-order chi connectivity index (χ0) is 22.4. The van der Waals surface area contributed by atoms with Gasteiger partial charge in [0.15, 0.2) is 9.84 Å². The van der Waals surface area contributed by atoms with Gasteiger partial charge in [0.2, 0.25) is 10.0 Å². The van der Waals surface area contributed by atoms with E-state index in [1.165, 1.54) is 16.8 Å². The summed E-state index contributed by atoms with van der Waals surface area (Å²) in [5.74, 6) is 0.786. The van der Waals surface area contributed by atoms with Gasteiger partial charge in [0.05, 0.1) is 41.4 Å². The first kappa shape index (κ1) is 21.5. The van der Waals surface area contributed by atoms with Gasteiger partial charge in [-0.05, 0) is 54.4 Å². The van der Waals surface area contributed by atoms with Gasteiger partial charge in [-0.2, -0.15) is 0 Å². The second-order valence-electron chi connectivity index (χ2n) is 7.87. The highest BCUT2D eigenvalue weighted by Crippen LogP contribution is 2.40. The van der Waals surface area contributed by atoms with E-state index in [2.05, 4.69) is 4.90 Å². The molecule has 0 spiro atoms. The maximum atomic E-state index is 12.5. The Balaban J connectivity index is 1.80. The fraction of sp³-hybridized carbons (Fsp3) is 0.273. The van der Waals surface area contributed by atoms with Crippen LogP contribution in [-0.2, 0) is 26.4 Å². The summed E-state index contributed by atoms with van der Waals surface area (Å²) in [4.78, 5) is 2.36. The van der Waals surface area contributed by atoms with Crippen LogP contribution in [0.5, 0.6) is 0 Å². The lowest BCUT2D eigenvalue weighted by Gasteiger charge is -2.41. The molecule has 31 heavy (non-hydrogen) atoms. The SMILES string of the molecule is CC1CN(Cc2ccco2)c2cc(-c3ccc(S(C)(=O)=O)cc3)ccc2N1S(C)(=O)=O. The number of nitrogens with zero attached hydrogens (tertiary/aromatic N) is 2. The fourth-order valence-electron chi connectivity index (χ4n) is 4.01. The lowest BCUT2D eigenvalue weighted by atomic mass is 10.0. The van der Waals surface area contributed by atoms with E-state index in [4.69, 9.17) is 4.42 Å². The summed E-state index contributed by atoms with van der Waals surface area (Å²) in [6.45, 7) is 2.91. The molecule has 0 fully saturated rings. The summed E-state index contributed by atoms with van der Waals surface area (Å²) in [6.07, 6.45) is 4.01. The average Bonchev–Trinajstić information content (AvgIpc) is 3.19. The van der Waals surface area contributed by atoms with E-state index < -0.39 is 19.9 Å². The smallest absolute Gasteiger partial charge is 0.232 e. The molecule has 9 heteroatoms. The van der Waals surface area contributed by atoms with Crippen molar-refractivity contribution in [2.24, 2.45) is 0 Å². The summed E-state index contributed by atoms with van der Waals surface area (Å²) >= 11 is 0. The highest BCUT2D eigenvalue weighted by atomic mass is 32.2. The third kappa shape index (κ3) is 4.33. The van der Waals surface area contributed by atoms with Crippen LogP contribution >= 0.6 is 0 Å². The van der Waals surface area contributed by atoms with Crippen LogP contribution in [0.1, 0.15) is 12.7 Å². The van der Waals surface area contributed by atoms with Gasteiger partial charge in [-0.25, -0.2) is 16.8 Å². The van der Waals surface area contributed by atoms with Crippen molar-refractivity contribution < 1.29 is 21.3 Å². The summed E-state index contributed by atoms with van der Waals surface area (Å²) in [5.41, 5.74) is 3.11. The predicted molar refractivity (Wildman–Crippen MR) is 122 cm³/mol. The molecular weight excluding hydrogens is 436 g/mol. The Morgan fingerprint density at radius 3 is 2.19 bits per heavy atom. The van der Waals surface area contributed by atoms with Gasteiger partial charge in [-0.3, -0.25) is 4.31 Å². The highest BCUT2D eigenvalue weighted by Gasteiger charge is 2.34. The van der Waals surface area contributed by atoms with Crippen LogP contribution in [0.15, 0.2) is 70.2 Å². The number of fused-ring (bicyclic) bond motifs is 1. The first-order chi connectivity index (χ1) is 14.5. The largest absolute Gasteiger partial charge is 0.467 e. The molecule has 164 valence electrons. The molecule has 4 rings (SSSR count). The molecule has 1 aliphatic heterocycles. The Kier molecular flexibility index (Phi) is 5.35. The molecule has 0 bridgehead atoms. The monoisotopic (exact) mass is 460 g/mol. The van der Waals surface area contributed by atoms with Gasteiger partial charge >= 0.3 is 0 Å². The zero-order valence-corrected chi connectivity index (χ0v) is 19.2. The maximum absolute atomic E-state index is 12.5. The quantitative estimate of drug-likeness (QED) is 0.579. The van der Waals surface area contributed by atoms with Crippen LogP contribution < -0.4 is 9.21 Å². The van der Waals surface area contributed by atoms with E-state index in [1.54, 1.807) is 36.6 Å². The molecule has 7 nitrogen and oxygen atoms in total. The standard InChI is InChI=1S/C22H24N2O5S2/c1-16-14-23(15-19-5-4-12-29-19)22-13-18(8-11-21(22)24(16)31(3,27)28)17-6-9-20(10-7-17)30(2,25)26/h4-13,16H,14-15H2,1-3H3. The molecule has 1 aliphatic rings. The molecule has 0 amide bonds. The Morgan fingerprint density at radius 1 is 0.935 bits per heavy atom. The van der Waals surface area contributed by atoms with Crippen molar-refractivity contribution in [3.8, 4) is 11.1 Å². The maximum Gasteiger partial charge on any atom is 0.232 e. The van der Waals surface area contributed by atoms with E-state index in [-0.39, 0.29) is 10.9 Å². The van der Waals surface area contributed by atoms with E-state index in [0.29, 0.717) is 18.8 Å². The normalized spacial score (nSPS) is 16.9. The molecule has 0 radical (unpaired) electrons. The average molecular weight is 461 g/mol. The predicted octanol–water partition coefficient (Wildman–Crippen LogP) is 3.52. The Bertz CT molecular complexity index is 1300.